The summed E-state index contributed by atoms with van der Waals surface area (Å²) in [5.74, 6) is -14.3. The van der Waals surface area contributed by atoms with E-state index in [1.165, 1.54) is 26.0 Å². The number of carbonyl (C=O) groups excluding carboxylic acids is 10. The minimum Gasteiger partial charge on any atom is -0.508 e. The van der Waals surface area contributed by atoms with Crippen molar-refractivity contribution >= 4 is 82.9 Å². The van der Waals surface area contributed by atoms with E-state index in [-0.39, 0.29) is 108 Å². The van der Waals surface area contributed by atoms with Gasteiger partial charge in [-0.15, -0.1) is 0 Å². The Morgan fingerprint density at radius 2 is 1.00 bits per heavy atom. The summed E-state index contributed by atoms with van der Waals surface area (Å²) in [7, 11) is 0. The second-order valence-electron chi connectivity index (χ2n) is 22.1. The number of aliphatic hydroxyl groups is 2. The molecule has 0 aliphatic carbocycles. The SMILES string of the molecule is CC(C)[C@H](NC(=O)[C@@H]1CC(O)CN1C(=O)[C@H](CCCN=C(N)N)NC(=O)[C@H](CCCCN)NC(=O)[C@H](CO)NC(=O)[C@H](CCCN=C(N)N)NC(=O)[C@H](N)Cc1ccc(O)cc1)C(=O)N[C@@H](CCC(N)=O)C(=O)N[C@@H](CCCCN)C(=O)N[C@@H](CC(=O)O)C(=O)O. The van der Waals surface area contributed by atoms with Crippen molar-refractivity contribution in [3.05, 3.63) is 29.8 Å². The lowest BCUT2D eigenvalue weighted by Gasteiger charge is -2.31. The molecule has 0 aromatic heterocycles. The Kier molecular flexibility index (Phi) is 34.8. The lowest BCUT2D eigenvalue weighted by atomic mass is 10.0. The summed E-state index contributed by atoms with van der Waals surface area (Å²) < 4.78 is 0. The lowest BCUT2D eigenvalue weighted by molar-refractivity contribution is -0.147. The maximum atomic E-state index is 14.8. The van der Waals surface area contributed by atoms with Crippen LogP contribution in [0.2, 0.25) is 0 Å². The third-order valence-corrected chi connectivity index (χ3v) is 14.3. The van der Waals surface area contributed by atoms with Crippen LogP contribution >= 0.6 is 0 Å². The highest BCUT2D eigenvalue weighted by Gasteiger charge is 2.44. The number of primary amides is 1. The highest BCUT2D eigenvalue weighted by atomic mass is 16.4. The van der Waals surface area contributed by atoms with E-state index in [1.807, 2.05) is 0 Å². The number of aromatic hydroxyl groups is 1. The number of phenolic OH excluding ortho intramolecular Hbond substituents is 1. The van der Waals surface area contributed by atoms with Crippen LogP contribution in [0.1, 0.15) is 109 Å². The van der Waals surface area contributed by atoms with Gasteiger partial charge in [0.1, 0.15) is 60.1 Å². The van der Waals surface area contributed by atoms with Crippen LogP contribution in [-0.4, -0.2) is 219 Å². The van der Waals surface area contributed by atoms with Gasteiger partial charge in [0.25, 0.3) is 0 Å². The number of nitrogens with one attached hydrogen (secondary N) is 8. The number of carboxylic acids is 2. The Bertz CT molecular complexity index is 2680. The third-order valence-electron chi connectivity index (χ3n) is 14.3. The highest BCUT2D eigenvalue weighted by molar-refractivity contribution is 5.99. The molecule has 1 unspecified atom stereocenters. The molecular formula is C55H93N19O17. The van der Waals surface area contributed by atoms with Crippen molar-refractivity contribution in [1.29, 1.82) is 0 Å². The quantitative estimate of drug-likeness (QED) is 0.0164. The minimum atomic E-state index is -1.89. The van der Waals surface area contributed by atoms with Crippen LogP contribution in [0, 0.1) is 5.92 Å². The van der Waals surface area contributed by atoms with Gasteiger partial charge in [0.05, 0.1) is 25.2 Å². The maximum Gasteiger partial charge on any atom is 0.326 e. The van der Waals surface area contributed by atoms with E-state index < -0.39 is 176 Å². The molecule has 36 heteroatoms. The first kappa shape index (κ1) is 78.1. The molecule has 1 aliphatic rings. The number of aliphatic carboxylic acids is 2. The molecule has 29 N–H and O–H groups in total. The first-order chi connectivity index (χ1) is 42.9. The third kappa shape index (κ3) is 29.0. The summed E-state index contributed by atoms with van der Waals surface area (Å²) in [6.45, 7) is 1.84. The fourth-order valence-corrected chi connectivity index (χ4v) is 9.35. The van der Waals surface area contributed by atoms with Gasteiger partial charge in [0.15, 0.2) is 11.9 Å². The van der Waals surface area contributed by atoms with Crippen molar-refractivity contribution < 1.29 is 83.1 Å². The Morgan fingerprint density at radius 3 is 1.45 bits per heavy atom. The number of β-amino-alcohol motifs (C(OH)–C–C–N with tert-alkyl or cyclic N) is 1. The standard InChI is InChI=1S/C55H93N19O17/c1-28(2)43(51(88)69-36(17-18-41(59)78)48(85)67-34(10-4-6-20-57)46(83)71-38(53(90)91)25-42(79)80)73-50(87)40-24-31(77)26-74(40)52(89)37(12-8-22-65-55(62)63)70-45(82)33(9-3-5-19-56)68-49(86)39(27-75)72-47(84)35(11-7-21-64-54(60)61)66-44(81)32(58)23-29-13-15-30(76)16-14-29/h13-16,28,31-40,43,75-77H,3-12,17-27,56-58H2,1-2H3,(H2,59,78)(H,66,81)(H,67,85)(H,68,86)(H,69,88)(H,70,82)(H,71,83)(H,72,84)(H,73,87)(H,79,80)(H,90,91)(H4,60,61,64)(H4,62,63,65)/t31?,32-,33+,34+,35+,36+,37+,38+,39+,40+,43+/m1/s1. The van der Waals surface area contributed by atoms with Crippen LogP contribution in [0.3, 0.4) is 0 Å². The average Bonchev–Trinajstić information content (AvgIpc) is 1.76. The zero-order chi connectivity index (χ0) is 68.5. The van der Waals surface area contributed by atoms with E-state index >= 15 is 0 Å². The fraction of sp³-hybridized carbons (Fsp3) is 0.636. The molecular weight excluding hydrogens is 1200 g/mol. The second-order valence-corrected chi connectivity index (χ2v) is 22.1. The molecule has 91 heavy (non-hydrogen) atoms. The van der Waals surface area contributed by atoms with Crippen molar-refractivity contribution in [2.45, 2.75) is 177 Å². The first-order valence-corrected chi connectivity index (χ1v) is 29.7. The topological polar surface area (TPSA) is 638 Å². The molecule has 1 saturated heterocycles. The fourth-order valence-electron chi connectivity index (χ4n) is 9.35. The van der Waals surface area contributed by atoms with Crippen LogP contribution < -0.4 is 88.4 Å². The number of phenols is 1. The number of guanidine groups is 2. The molecule has 1 fully saturated rings. The Morgan fingerprint density at radius 1 is 0.571 bits per heavy atom. The predicted molar refractivity (Wildman–Crippen MR) is 327 cm³/mol. The van der Waals surface area contributed by atoms with Crippen molar-refractivity contribution in [1.82, 2.24) is 47.4 Å². The Hall–Kier alpha value is -9.00. The van der Waals surface area contributed by atoms with Gasteiger partial charge >= 0.3 is 11.9 Å². The van der Waals surface area contributed by atoms with Gasteiger partial charge in [-0.3, -0.25) is 62.7 Å². The zero-order valence-electron chi connectivity index (χ0n) is 51.2. The Labute approximate surface area is 525 Å². The molecule has 2 rings (SSSR count). The molecule has 11 atom stereocenters. The smallest absolute Gasteiger partial charge is 0.326 e. The van der Waals surface area contributed by atoms with Crippen molar-refractivity contribution in [2.75, 3.05) is 39.3 Å². The van der Waals surface area contributed by atoms with Crippen molar-refractivity contribution in [3.8, 4) is 5.75 Å². The van der Waals surface area contributed by atoms with Gasteiger partial charge in [-0.25, -0.2) is 4.79 Å². The molecule has 1 aliphatic heterocycles. The Balaban J connectivity index is 2.47. The molecule has 510 valence electrons. The second kappa shape index (κ2) is 40.6. The summed E-state index contributed by atoms with van der Waals surface area (Å²) >= 11 is 0. The highest BCUT2D eigenvalue weighted by Crippen LogP contribution is 2.22. The molecule has 0 bridgehead atoms. The van der Waals surface area contributed by atoms with Gasteiger partial charge in [-0.05, 0) is 114 Å². The van der Waals surface area contributed by atoms with E-state index in [9.17, 15) is 83.1 Å². The summed E-state index contributed by atoms with van der Waals surface area (Å²) in [5, 5.41) is 69.4. The monoisotopic (exact) mass is 1290 g/mol. The van der Waals surface area contributed by atoms with Crippen molar-refractivity contribution in [2.24, 2.45) is 61.8 Å². The summed E-state index contributed by atoms with van der Waals surface area (Å²) in [6.07, 6.45) is -2.89. The molecule has 0 spiro atoms. The molecule has 0 saturated carbocycles. The van der Waals surface area contributed by atoms with Crippen LogP contribution in [0.4, 0.5) is 0 Å². The van der Waals surface area contributed by atoms with Gasteiger partial charge < -0.3 is 119 Å². The van der Waals surface area contributed by atoms with Crippen LogP contribution in [0.25, 0.3) is 0 Å². The molecule has 1 aromatic carbocycles. The van der Waals surface area contributed by atoms with Crippen LogP contribution in [-0.2, 0) is 64.0 Å². The number of rotatable bonds is 43. The number of carbonyl (C=O) groups is 12. The molecule has 10 amide bonds. The number of likely N-dealkylation sites (tertiary alicyclic amines) is 1. The van der Waals surface area contributed by atoms with E-state index in [4.69, 9.17) is 45.9 Å². The molecule has 0 radical (unpaired) electrons. The number of carboxylic acid groups (broad SMARTS) is 2. The number of amides is 10. The number of nitrogens with zero attached hydrogens (tertiary/aromatic N) is 3. The van der Waals surface area contributed by atoms with Gasteiger partial charge in [-0.2, -0.15) is 0 Å². The summed E-state index contributed by atoms with van der Waals surface area (Å²) in [5.41, 5.74) is 45.5. The number of nitrogens with two attached hydrogens (primary N) is 8. The predicted octanol–water partition coefficient (Wildman–Crippen LogP) is -8.06. The molecule has 1 heterocycles. The molecule has 36 nitrogen and oxygen atoms in total. The number of unbranched alkanes of at least 4 members (excludes halogenated alkanes) is 2. The van der Waals surface area contributed by atoms with Crippen molar-refractivity contribution in [3.63, 3.8) is 0 Å². The lowest BCUT2D eigenvalue weighted by Crippen LogP contribution is -2.61. The number of hydrogen-bond acceptors (Lipinski definition) is 20. The number of benzene rings is 1. The first-order valence-electron chi connectivity index (χ1n) is 29.7. The van der Waals surface area contributed by atoms with Crippen LogP contribution in [0.15, 0.2) is 34.3 Å². The normalized spacial score (nSPS) is 16.5. The zero-order valence-corrected chi connectivity index (χ0v) is 51.2. The van der Waals surface area contributed by atoms with Crippen LogP contribution in [0.5, 0.6) is 5.75 Å². The van der Waals surface area contributed by atoms with Gasteiger partial charge in [-0.1, -0.05) is 26.0 Å². The minimum absolute atomic E-state index is 0.00390. The number of aliphatic imine (C=N–C) groups is 2. The number of aliphatic hydroxyl groups excluding tert-OH is 2. The average molecular weight is 1290 g/mol. The van der Waals surface area contributed by atoms with E-state index in [1.54, 1.807) is 12.1 Å². The van der Waals surface area contributed by atoms with Gasteiger partial charge in [0.2, 0.25) is 59.1 Å². The number of hydrogen-bond donors (Lipinski definition) is 21. The summed E-state index contributed by atoms with van der Waals surface area (Å²) in [4.78, 5) is 170. The van der Waals surface area contributed by atoms with E-state index in [2.05, 4.69) is 52.5 Å². The molecule has 1 aromatic rings. The maximum absolute atomic E-state index is 14.8. The van der Waals surface area contributed by atoms with E-state index in [0.717, 1.165) is 4.90 Å². The van der Waals surface area contributed by atoms with Gasteiger partial charge in [0, 0.05) is 32.5 Å². The largest absolute Gasteiger partial charge is 0.508 e. The van der Waals surface area contributed by atoms with E-state index in [0.29, 0.717) is 18.4 Å². The summed E-state index contributed by atoms with van der Waals surface area (Å²) in [6, 6.07) is -9.47.